The van der Waals surface area contributed by atoms with Crippen molar-refractivity contribution in [1.29, 1.82) is 0 Å². The lowest BCUT2D eigenvalue weighted by Crippen LogP contribution is -2.25. The molecule has 0 saturated heterocycles. The van der Waals surface area contributed by atoms with E-state index in [9.17, 15) is 5.11 Å². The number of hydrogen-bond acceptors (Lipinski definition) is 3. The zero-order valence-corrected chi connectivity index (χ0v) is 14.5. The van der Waals surface area contributed by atoms with Gasteiger partial charge in [-0.25, -0.2) is 4.98 Å². The van der Waals surface area contributed by atoms with Crippen LogP contribution in [-0.4, -0.2) is 27.4 Å². The number of aryl methyl sites for hydroxylation is 3. The first-order valence-electron chi connectivity index (χ1n) is 8.41. The van der Waals surface area contributed by atoms with Gasteiger partial charge in [0.2, 0.25) is 0 Å². The van der Waals surface area contributed by atoms with Gasteiger partial charge in [-0.2, -0.15) is 0 Å². The fraction of sp³-hybridized carbons (Fsp3) is 0.350. The van der Waals surface area contributed by atoms with Crippen LogP contribution < -0.4 is 4.74 Å². The summed E-state index contributed by atoms with van der Waals surface area (Å²) in [6, 6.07) is 14.1. The molecule has 4 nitrogen and oxygen atoms in total. The predicted octanol–water partition coefficient (Wildman–Crippen LogP) is 3.66. The highest BCUT2D eigenvalue weighted by molar-refractivity contribution is 5.75. The van der Waals surface area contributed by atoms with Crippen molar-refractivity contribution in [1.82, 2.24) is 9.55 Å². The van der Waals surface area contributed by atoms with Crippen LogP contribution in [0.5, 0.6) is 5.75 Å². The van der Waals surface area contributed by atoms with E-state index < -0.39 is 6.10 Å². The highest BCUT2D eigenvalue weighted by Crippen LogP contribution is 2.23. The number of aromatic nitrogens is 2. The van der Waals surface area contributed by atoms with E-state index in [1.807, 2.05) is 56.3 Å². The Kier molecular flexibility index (Phi) is 4.86. The van der Waals surface area contributed by atoms with Gasteiger partial charge in [0.05, 0.1) is 17.6 Å². The van der Waals surface area contributed by atoms with E-state index in [4.69, 9.17) is 4.74 Å². The second-order valence-electron chi connectivity index (χ2n) is 6.17. The van der Waals surface area contributed by atoms with Crippen LogP contribution in [0.25, 0.3) is 11.0 Å². The molecule has 0 unspecified atom stereocenters. The van der Waals surface area contributed by atoms with Crippen molar-refractivity contribution in [3.8, 4) is 5.75 Å². The minimum atomic E-state index is -0.591. The molecule has 0 aliphatic heterocycles. The Morgan fingerprint density at radius 2 is 1.79 bits per heavy atom. The van der Waals surface area contributed by atoms with Gasteiger partial charge in [0, 0.05) is 6.42 Å². The highest BCUT2D eigenvalue weighted by atomic mass is 16.5. The third-order valence-corrected chi connectivity index (χ3v) is 4.27. The van der Waals surface area contributed by atoms with Gasteiger partial charge >= 0.3 is 0 Å². The van der Waals surface area contributed by atoms with E-state index in [1.165, 1.54) is 0 Å². The SMILES string of the molecule is CCc1nc2ccccc2n1C[C@@H](O)COc1c(C)cccc1C. The van der Waals surface area contributed by atoms with Crippen LogP contribution in [0.15, 0.2) is 42.5 Å². The Balaban J connectivity index is 1.74. The van der Waals surface area contributed by atoms with Crippen LogP contribution in [0.1, 0.15) is 23.9 Å². The Morgan fingerprint density at radius 3 is 2.50 bits per heavy atom. The lowest BCUT2D eigenvalue weighted by atomic mass is 10.1. The summed E-state index contributed by atoms with van der Waals surface area (Å²) in [5.74, 6) is 1.85. The molecule has 4 heteroatoms. The minimum Gasteiger partial charge on any atom is -0.490 e. The molecule has 1 atom stereocenters. The number of imidazole rings is 1. The number of ether oxygens (including phenoxy) is 1. The van der Waals surface area contributed by atoms with Gasteiger partial charge in [-0.1, -0.05) is 37.3 Å². The number of benzene rings is 2. The first-order chi connectivity index (χ1) is 11.6. The van der Waals surface area contributed by atoms with Gasteiger partial charge in [0.25, 0.3) is 0 Å². The fourth-order valence-corrected chi connectivity index (χ4v) is 3.07. The van der Waals surface area contributed by atoms with Crippen LogP contribution in [0.4, 0.5) is 0 Å². The molecule has 0 saturated carbocycles. The quantitative estimate of drug-likeness (QED) is 0.753. The maximum Gasteiger partial charge on any atom is 0.125 e. The zero-order chi connectivity index (χ0) is 17.1. The molecule has 0 fully saturated rings. The average Bonchev–Trinajstić information content (AvgIpc) is 2.92. The zero-order valence-electron chi connectivity index (χ0n) is 14.5. The van der Waals surface area contributed by atoms with E-state index in [2.05, 4.69) is 16.5 Å². The number of fused-ring (bicyclic) bond motifs is 1. The number of nitrogens with zero attached hydrogens (tertiary/aromatic N) is 2. The van der Waals surface area contributed by atoms with Crippen molar-refractivity contribution >= 4 is 11.0 Å². The topological polar surface area (TPSA) is 47.3 Å². The van der Waals surface area contributed by atoms with Crippen LogP contribution in [0.3, 0.4) is 0 Å². The lowest BCUT2D eigenvalue weighted by molar-refractivity contribution is 0.0921. The summed E-state index contributed by atoms with van der Waals surface area (Å²) >= 11 is 0. The average molecular weight is 324 g/mol. The predicted molar refractivity (Wildman–Crippen MR) is 96.5 cm³/mol. The summed E-state index contributed by atoms with van der Waals surface area (Å²) in [5.41, 5.74) is 4.20. The monoisotopic (exact) mass is 324 g/mol. The van der Waals surface area contributed by atoms with E-state index in [0.29, 0.717) is 6.54 Å². The van der Waals surface area contributed by atoms with Crippen LogP contribution in [0.2, 0.25) is 0 Å². The molecule has 0 amide bonds. The summed E-state index contributed by atoms with van der Waals surface area (Å²) in [5, 5.41) is 10.5. The van der Waals surface area contributed by atoms with Crippen molar-refractivity contribution in [2.75, 3.05) is 6.61 Å². The Hall–Kier alpha value is -2.33. The first kappa shape index (κ1) is 16.5. The molecular formula is C20H24N2O2. The molecule has 2 aromatic carbocycles. The van der Waals surface area contributed by atoms with Crippen LogP contribution in [-0.2, 0) is 13.0 Å². The van der Waals surface area contributed by atoms with E-state index in [1.54, 1.807) is 0 Å². The smallest absolute Gasteiger partial charge is 0.125 e. The molecule has 1 heterocycles. The highest BCUT2D eigenvalue weighted by Gasteiger charge is 2.14. The molecule has 0 bridgehead atoms. The second kappa shape index (κ2) is 7.05. The molecule has 0 aliphatic carbocycles. The third kappa shape index (κ3) is 3.29. The van der Waals surface area contributed by atoms with Crippen molar-refractivity contribution in [2.24, 2.45) is 0 Å². The summed E-state index contributed by atoms with van der Waals surface area (Å²) < 4.78 is 7.97. The molecule has 1 aromatic heterocycles. The van der Waals surface area contributed by atoms with Gasteiger partial charge < -0.3 is 14.4 Å². The first-order valence-corrected chi connectivity index (χ1v) is 8.41. The second-order valence-corrected chi connectivity index (χ2v) is 6.17. The normalized spacial score (nSPS) is 12.5. The lowest BCUT2D eigenvalue weighted by Gasteiger charge is -2.17. The third-order valence-electron chi connectivity index (χ3n) is 4.27. The van der Waals surface area contributed by atoms with E-state index >= 15 is 0 Å². The Morgan fingerprint density at radius 1 is 1.08 bits per heavy atom. The summed E-state index contributed by atoms with van der Waals surface area (Å²) in [6.45, 7) is 6.87. The molecule has 3 rings (SSSR count). The molecule has 126 valence electrons. The molecular weight excluding hydrogens is 300 g/mol. The van der Waals surface area contributed by atoms with Gasteiger partial charge in [0.1, 0.15) is 24.3 Å². The molecule has 0 radical (unpaired) electrons. The number of rotatable bonds is 6. The summed E-state index contributed by atoms with van der Waals surface area (Å²) in [4.78, 5) is 4.64. The van der Waals surface area contributed by atoms with Crippen molar-refractivity contribution in [3.63, 3.8) is 0 Å². The Bertz CT molecular complexity index is 819. The van der Waals surface area contributed by atoms with Gasteiger partial charge in [0.15, 0.2) is 0 Å². The molecule has 1 N–H and O–H groups in total. The molecule has 0 spiro atoms. The number of para-hydroxylation sites is 3. The minimum absolute atomic E-state index is 0.265. The van der Waals surface area contributed by atoms with Gasteiger partial charge in [-0.05, 0) is 37.1 Å². The largest absolute Gasteiger partial charge is 0.490 e. The summed E-state index contributed by atoms with van der Waals surface area (Å²) in [6.07, 6.45) is 0.242. The number of hydrogen-bond donors (Lipinski definition) is 1. The van der Waals surface area contributed by atoms with Crippen molar-refractivity contribution in [3.05, 3.63) is 59.4 Å². The van der Waals surface area contributed by atoms with E-state index in [-0.39, 0.29) is 6.61 Å². The molecule has 3 aromatic rings. The van der Waals surface area contributed by atoms with Crippen LogP contribution in [0, 0.1) is 13.8 Å². The molecule has 0 aliphatic rings. The van der Waals surface area contributed by atoms with Gasteiger partial charge in [-0.15, -0.1) is 0 Å². The van der Waals surface area contributed by atoms with E-state index in [0.717, 1.165) is 40.2 Å². The fourth-order valence-electron chi connectivity index (χ4n) is 3.07. The van der Waals surface area contributed by atoms with Gasteiger partial charge in [-0.3, -0.25) is 0 Å². The maximum absolute atomic E-state index is 10.5. The Labute approximate surface area is 142 Å². The molecule has 24 heavy (non-hydrogen) atoms. The number of aliphatic hydroxyl groups excluding tert-OH is 1. The van der Waals surface area contributed by atoms with Crippen molar-refractivity contribution in [2.45, 2.75) is 39.8 Å². The standard InChI is InChI=1S/C20H24N2O2/c1-4-19-21-17-10-5-6-11-18(17)22(19)12-16(23)13-24-20-14(2)8-7-9-15(20)3/h5-11,16,23H,4,12-13H2,1-3H3/t16-/m1/s1. The van der Waals surface area contributed by atoms with Crippen LogP contribution >= 0.6 is 0 Å². The number of aliphatic hydroxyl groups is 1. The maximum atomic E-state index is 10.5. The van der Waals surface area contributed by atoms with Crippen molar-refractivity contribution < 1.29 is 9.84 Å². The summed E-state index contributed by atoms with van der Waals surface area (Å²) in [7, 11) is 0.